The maximum absolute atomic E-state index is 4.98. The number of imidazole rings is 2. The van der Waals surface area contributed by atoms with Crippen molar-refractivity contribution in [2.45, 2.75) is 6.42 Å². The molecule has 3 radical (unpaired) electrons. The molecule has 1 aliphatic rings. The molecule has 0 amide bonds. The van der Waals surface area contributed by atoms with Gasteiger partial charge in [0, 0.05) is 81.3 Å². The molecule has 7 nitrogen and oxygen atoms in total. The van der Waals surface area contributed by atoms with Crippen molar-refractivity contribution in [3.8, 4) is 28.3 Å². The predicted octanol–water partition coefficient (Wildman–Crippen LogP) is 15.6. The number of pyridine rings is 2. The third-order valence-electron chi connectivity index (χ3n) is 14.0. The van der Waals surface area contributed by atoms with Gasteiger partial charge in [-0.25, -0.2) is 9.97 Å². The van der Waals surface area contributed by atoms with Gasteiger partial charge in [-0.15, -0.1) is 0 Å². The second-order valence-corrected chi connectivity index (χ2v) is 18.9. The summed E-state index contributed by atoms with van der Waals surface area (Å²) in [4.78, 5) is 9.68. The molecule has 16 rings (SSSR count). The van der Waals surface area contributed by atoms with Gasteiger partial charge in [-0.3, -0.25) is 8.97 Å². The summed E-state index contributed by atoms with van der Waals surface area (Å²) >= 11 is 3.57. The van der Waals surface area contributed by atoms with E-state index in [2.05, 4.69) is 263 Å². The highest BCUT2D eigenvalue weighted by Crippen LogP contribution is 2.39. The second kappa shape index (κ2) is 17.5. The first kappa shape index (κ1) is 43.1. The maximum Gasteiger partial charge on any atom is 0.150 e. The normalized spacial score (nSPS) is 11.8. The minimum atomic E-state index is 0. The van der Waals surface area contributed by atoms with Crippen LogP contribution >= 0.6 is 15.9 Å². The number of fused-ring (bicyclic) bond motifs is 16. The predicted molar refractivity (Wildman–Crippen MR) is 302 cm³/mol. The Morgan fingerprint density at radius 1 is 0.375 bits per heavy atom. The first-order valence-corrected chi connectivity index (χ1v) is 24.7. The molecule has 0 unspecified atom stereocenters. The number of para-hydroxylation sites is 5. The minimum absolute atomic E-state index is 0. The summed E-state index contributed by atoms with van der Waals surface area (Å²) in [7, 11) is 0. The van der Waals surface area contributed by atoms with Crippen molar-refractivity contribution in [1.82, 2.24) is 32.5 Å². The van der Waals surface area contributed by atoms with E-state index in [0.717, 1.165) is 55.6 Å². The van der Waals surface area contributed by atoms with Crippen LogP contribution < -0.4 is 0 Å². The van der Waals surface area contributed by atoms with Crippen LogP contribution in [0.4, 0.5) is 0 Å². The van der Waals surface area contributed by atoms with E-state index < -0.39 is 0 Å². The molecule has 0 atom stereocenters. The molecule has 339 valence electrons. The van der Waals surface area contributed by atoms with Gasteiger partial charge in [0.15, 0.2) is 5.65 Å². The van der Waals surface area contributed by atoms with Crippen LogP contribution in [0.5, 0.6) is 0 Å². The van der Waals surface area contributed by atoms with Crippen molar-refractivity contribution in [2.75, 3.05) is 0 Å². The summed E-state index contributed by atoms with van der Waals surface area (Å²) in [5.74, 6) is 0. The van der Waals surface area contributed by atoms with E-state index in [-0.39, 0.29) is 8.41 Å². The fourth-order valence-corrected chi connectivity index (χ4v) is 11.3. The Kier molecular flexibility index (Phi) is 10.5. The highest BCUT2D eigenvalue weighted by atomic mass is 79.9. The van der Waals surface area contributed by atoms with Crippen molar-refractivity contribution >= 4 is 101 Å². The van der Waals surface area contributed by atoms with Crippen LogP contribution in [0.25, 0.3) is 105 Å². The van der Waals surface area contributed by atoms with Crippen LogP contribution in [0.1, 0.15) is 11.3 Å². The average molecular weight is 988 g/mol. The lowest BCUT2D eigenvalue weighted by Gasteiger charge is -2.10. The van der Waals surface area contributed by atoms with Crippen molar-refractivity contribution in [3.05, 3.63) is 259 Å². The molecule has 15 aromatic rings. The number of benzene rings is 8. The lowest BCUT2D eigenvalue weighted by atomic mass is 10.1. The lowest BCUT2D eigenvalue weighted by Crippen LogP contribution is -1.98. The van der Waals surface area contributed by atoms with E-state index in [4.69, 9.17) is 9.97 Å². The molecule has 8 aromatic carbocycles. The number of aromatic nitrogens is 7. The summed E-state index contributed by atoms with van der Waals surface area (Å²) in [6, 6.07) is 80.9. The van der Waals surface area contributed by atoms with Gasteiger partial charge < -0.3 is 13.5 Å². The van der Waals surface area contributed by atoms with Crippen molar-refractivity contribution in [1.29, 1.82) is 0 Å². The van der Waals surface area contributed by atoms with Crippen LogP contribution in [0, 0.1) is 0 Å². The molecule has 0 fully saturated rings. The molecule has 9 heteroatoms. The molecule has 0 saturated carbocycles. The molecular formula is C63H42BBrN7. The highest BCUT2D eigenvalue weighted by molar-refractivity contribution is 9.10. The Bertz CT molecular complexity index is 4520. The Morgan fingerprint density at radius 2 is 0.875 bits per heavy atom. The minimum Gasteiger partial charge on any atom is -0.309 e. The molecule has 1 aliphatic carbocycles. The Balaban J connectivity index is 0.000000115. The van der Waals surface area contributed by atoms with Gasteiger partial charge in [0.1, 0.15) is 16.8 Å². The van der Waals surface area contributed by atoms with Crippen LogP contribution in [-0.2, 0) is 6.42 Å². The van der Waals surface area contributed by atoms with Gasteiger partial charge in [0.2, 0.25) is 0 Å². The topological polar surface area (TPSA) is 49.4 Å². The van der Waals surface area contributed by atoms with E-state index in [1.807, 2.05) is 18.2 Å². The average Bonchev–Trinajstić information content (AvgIpc) is 4.28. The smallest absolute Gasteiger partial charge is 0.150 e. The fourth-order valence-electron chi connectivity index (χ4n) is 10.9. The van der Waals surface area contributed by atoms with Gasteiger partial charge in [-0.2, -0.15) is 0 Å². The van der Waals surface area contributed by atoms with Gasteiger partial charge in [0.25, 0.3) is 0 Å². The van der Waals surface area contributed by atoms with Gasteiger partial charge >= 0.3 is 0 Å². The fraction of sp³-hybridized carbons (Fsp3) is 0.0159. The monoisotopic (exact) mass is 986 g/mol. The Labute approximate surface area is 424 Å². The molecule has 72 heavy (non-hydrogen) atoms. The molecule has 0 bridgehead atoms. The molecular weight excluding hydrogens is 945 g/mol. The first-order valence-electron chi connectivity index (χ1n) is 23.9. The van der Waals surface area contributed by atoms with Gasteiger partial charge in [-0.1, -0.05) is 143 Å². The van der Waals surface area contributed by atoms with Gasteiger partial charge in [0.05, 0.1) is 39.0 Å². The third kappa shape index (κ3) is 6.88. The highest BCUT2D eigenvalue weighted by Gasteiger charge is 2.23. The molecule has 0 spiro atoms. The van der Waals surface area contributed by atoms with E-state index in [9.17, 15) is 0 Å². The first-order chi connectivity index (χ1) is 35.2. The van der Waals surface area contributed by atoms with Crippen LogP contribution in [0.15, 0.2) is 247 Å². The number of rotatable bonds is 3. The summed E-state index contributed by atoms with van der Waals surface area (Å²) in [5.41, 5.74) is 18.8. The molecule has 7 aromatic heterocycles. The van der Waals surface area contributed by atoms with Crippen LogP contribution in [0.2, 0.25) is 0 Å². The maximum atomic E-state index is 4.98. The number of hydrogen-bond acceptors (Lipinski definition) is 2. The summed E-state index contributed by atoms with van der Waals surface area (Å²) < 4.78 is 12.5. The summed E-state index contributed by atoms with van der Waals surface area (Å²) in [6.45, 7) is 0. The third-order valence-corrected chi connectivity index (χ3v) is 14.4. The zero-order valence-corrected chi connectivity index (χ0v) is 40.5. The molecule has 0 saturated heterocycles. The van der Waals surface area contributed by atoms with Gasteiger partial charge in [-0.05, 0) is 109 Å². The summed E-state index contributed by atoms with van der Waals surface area (Å²) in [5, 5.41) is 6.21. The largest absolute Gasteiger partial charge is 0.309 e. The Morgan fingerprint density at radius 3 is 1.54 bits per heavy atom. The number of nitrogens with zero attached hydrogens (tertiary/aromatic N) is 7. The summed E-state index contributed by atoms with van der Waals surface area (Å²) in [6.07, 6.45) is 5.18. The SMILES string of the molecule is Brc1ccc2c(c1)c1ccccc1n2-c1ccccc1.[B].c1ccc(-n2c3ccccc3c3cc(-n4c5ccccc5c5nc6ccccn6c54)ccc32)cc1.c1ccc2c(c1)Cc1c-2nc2ccccn12. The van der Waals surface area contributed by atoms with E-state index >= 15 is 0 Å². The second-order valence-electron chi connectivity index (χ2n) is 18.0. The molecule has 0 aliphatic heterocycles. The van der Waals surface area contributed by atoms with Crippen molar-refractivity contribution in [2.24, 2.45) is 0 Å². The zero-order valence-electron chi connectivity index (χ0n) is 38.9. The van der Waals surface area contributed by atoms with Crippen molar-refractivity contribution in [3.63, 3.8) is 0 Å². The standard InChI is InChI=1S/C31H20N4.C18H12BrN.C14H10N2.B/c1-2-10-21(11-3-1)34-26-14-6-4-12-23(26)25-20-22(17-18-28(25)34)35-27-15-7-5-13-24(27)30-31(35)33-19-9-8-16-29(33)32-30;19-13-10-11-18-16(12-13)15-8-4-5-9-17(15)20(18)14-6-2-1-3-7-14;1-2-6-11-10(5-1)9-12-14(11)15-13-7-3-4-8-16(12)13;/h1-20H;1-12H;1-8H,9H2;. The van der Waals surface area contributed by atoms with E-state index in [1.165, 1.54) is 71.8 Å². The molecule has 0 N–H and O–H groups in total. The number of halogens is 1. The number of hydrogen-bond donors (Lipinski definition) is 0. The molecule has 7 heterocycles. The lowest BCUT2D eigenvalue weighted by molar-refractivity contribution is 1.05. The van der Waals surface area contributed by atoms with E-state index in [1.54, 1.807) is 0 Å². The van der Waals surface area contributed by atoms with Crippen molar-refractivity contribution < 1.29 is 0 Å². The van der Waals surface area contributed by atoms with Crippen LogP contribution in [0.3, 0.4) is 0 Å². The quantitative estimate of drug-likeness (QED) is 0.166. The van der Waals surface area contributed by atoms with Crippen LogP contribution in [-0.4, -0.2) is 40.9 Å². The Hall–Kier alpha value is -8.92. The van der Waals surface area contributed by atoms with E-state index in [0.29, 0.717) is 0 Å². The zero-order chi connectivity index (χ0) is 47.0.